The number of esters is 1. The number of hydrogen-bond donors (Lipinski definition) is 1. The molecule has 35 heavy (non-hydrogen) atoms. The Morgan fingerprint density at radius 3 is 2.51 bits per heavy atom. The van der Waals surface area contributed by atoms with Crippen LogP contribution in [0.5, 0.6) is 11.5 Å². The van der Waals surface area contributed by atoms with E-state index in [1.54, 1.807) is 18.2 Å². The number of anilines is 1. The summed E-state index contributed by atoms with van der Waals surface area (Å²) in [4.78, 5) is 41.6. The largest absolute Gasteiger partial charge is 0.454 e. The molecular formula is C26H21N3O6. The molecular weight excluding hydrogens is 450 g/mol. The standard InChI is InChI=1S/C26H21N3O6/c1-15(30)19-11-23-24(35-14-34-23)12-20(19)28-25(31)13-33-26(32)17-8-9-22-21(10-17)27-16(2)29(22)18-6-4-3-5-7-18/h3-12H,13-14H2,1-2H3,(H,28,31). The van der Waals surface area contributed by atoms with Crippen LogP contribution in [0.3, 0.4) is 0 Å². The Morgan fingerprint density at radius 2 is 1.77 bits per heavy atom. The first-order chi connectivity index (χ1) is 16.9. The number of fused-ring (bicyclic) bond motifs is 2. The van der Waals surface area contributed by atoms with Gasteiger partial charge in [-0.15, -0.1) is 0 Å². The number of rotatable bonds is 6. The van der Waals surface area contributed by atoms with E-state index < -0.39 is 18.5 Å². The van der Waals surface area contributed by atoms with Gasteiger partial charge in [0.2, 0.25) is 6.79 Å². The summed E-state index contributed by atoms with van der Waals surface area (Å²) in [7, 11) is 0. The lowest BCUT2D eigenvalue weighted by atomic mass is 10.1. The van der Waals surface area contributed by atoms with Crippen LogP contribution in [0.4, 0.5) is 5.69 Å². The number of imidazole rings is 1. The zero-order valence-corrected chi connectivity index (χ0v) is 19.0. The topological polar surface area (TPSA) is 109 Å². The van der Waals surface area contributed by atoms with E-state index in [4.69, 9.17) is 14.2 Å². The molecule has 1 N–H and O–H groups in total. The second kappa shape index (κ2) is 8.94. The van der Waals surface area contributed by atoms with Gasteiger partial charge in [0.1, 0.15) is 5.82 Å². The molecule has 0 bridgehead atoms. The highest BCUT2D eigenvalue weighted by atomic mass is 16.7. The van der Waals surface area contributed by atoms with Gasteiger partial charge in [0, 0.05) is 17.3 Å². The molecule has 1 aromatic heterocycles. The SMILES string of the molecule is CC(=O)c1cc2c(cc1NC(=O)COC(=O)c1ccc3c(c1)nc(C)n3-c1ccccc1)OCO2. The molecule has 0 atom stereocenters. The predicted octanol–water partition coefficient (Wildman–Crippen LogP) is 4.06. The fraction of sp³-hybridized carbons (Fsp3) is 0.154. The van der Waals surface area contributed by atoms with Crippen molar-refractivity contribution in [3.8, 4) is 17.2 Å². The maximum atomic E-state index is 12.6. The Bertz CT molecular complexity index is 1480. The molecule has 1 aliphatic heterocycles. The van der Waals surface area contributed by atoms with Gasteiger partial charge in [-0.3, -0.25) is 14.2 Å². The van der Waals surface area contributed by atoms with Crippen LogP contribution in [0.25, 0.3) is 16.7 Å². The molecule has 4 aromatic rings. The highest BCUT2D eigenvalue weighted by Crippen LogP contribution is 2.37. The van der Waals surface area contributed by atoms with Crippen molar-refractivity contribution in [1.29, 1.82) is 0 Å². The van der Waals surface area contributed by atoms with E-state index in [1.807, 2.05) is 41.8 Å². The summed E-state index contributed by atoms with van der Waals surface area (Å²) in [5, 5.41) is 2.60. The Kier molecular flexibility index (Phi) is 5.66. The third kappa shape index (κ3) is 4.31. The van der Waals surface area contributed by atoms with Crippen molar-refractivity contribution in [2.45, 2.75) is 13.8 Å². The van der Waals surface area contributed by atoms with Crippen molar-refractivity contribution < 1.29 is 28.6 Å². The van der Waals surface area contributed by atoms with E-state index in [0.717, 1.165) is 17.0 Å². The zero-order chi connectivity index (χ0) is 24.5. The minimum Gasteiger partial charge on any atom is -0.454 e. The Morgan fingerprint density at radius 1 is 1.03 bits per heavy atom. The second-order valence-corrected chi connectivity index (χ2v) is 7.97. The number of amides is 1. The summed E-state index contributed by atoms with van der Waals surface area (Å²) in [6.07, 6.45) is 0. The molecule has 0 aliphatic carbocycles. The van der Waals surface area contributed by atoms with E-state index in [-0.39, 0.29) is 29.4 Å². The van der Waals surface area contributed by atoms with Gasteiger partial charge in [-0.25, -0.2) is 9.78 Å². The highest BCUT2D eigenvalue weighted by molar-refractivity contribution is 6.05. The maximum Gasteiger partial charge on any atom is 0.338 e. The number of carbonyl (C=O) groups excluding carboxylic acids is 3. The van der Waals surface area contributed by atoms with Crippen molar-refractivity contribution in [3.63, 3.8) is 0 Å². The highest BCUT2D eigenvalue weighted by Gasteiger charge is 2.21. The molecule has 3 aromatic carbocycles. The molecule has 0 unspecified atom stereocenters. The van der Waals surface area contributed by atoms with Gasteiger partial charge < -0.3 is 19.5 Å². The number of benzene rings is 3. The van der Waals surface area contributed by atoms with Crippen LogP contribution < -0.4 is 14.8 Å². The van der Waals surface area contributed by atoms with Crippen LogP contribution in [-0.4, -0.2) is 40.6 Å². The number of aromatic nitrogens is 2. The quantitative estimate of drug-likeness (QED) is 0.334. The number of ketones is 1. The monoisotopic (exact) mass is 471 g/mol. The van der Waals surface area contributed by atoms with E-state index in [9.17, 15) is 14.4 Å². The summed E-state index contributed by atoms with van der Waals surface area (Å²) >= 11 is 0. The van der Waals surface area contributed by atoms with Gasteiger partial charge in [0.25, 0.3) is 5.91 Å². The lowest BCUT2D eigenvalue weighted by molar-refractivity contribution is -0.119. The summed E-state index contributed by atoms with van der Waals surface area (Å²) in [6.45, 7) is 2.78. The van der Waals surface area contributed by atoms with Crippen LogP contribution in [0.15, 0.2) is 60.7 Å². The number of nitrogens with zero attached hydrogens (tertiary/aromatic N) is 2. The summed E-state index contributed by atoms with van der Waals surface area (Å²) in [5.74, 6) is 0.118. The molecule has 0 spiro atoms. The number of hydrogen-bond acceptors (Lipinski definition) is 7. The lowest BCUT2D eigenvalue weighted by Crippen LogP contribution is -2.22. The molecule has 1 aliphatic rings. The maximum absolute atomic E-state index is 12.6. The first-order valence-electron chi connectivity index (χ1n) is 10.9. The Balaban J connectivity index is 1.29. The van der Waals surface area contributed by atoms with Crippen LogP contribution in [0.1, 0.15) is 33.5 Å². The van der Waals surface area contributed by atoms with Gasteiger partial charge in [-0.05, 0) is 50.2 Å². The van der Waals surface area contributed by atoms with Gasteiger partial charge in [-0.1, -0.05) is 18.2 Å². The van der Waals surface area contributed by atoms with Gasteiger partial charge in [0.05, 0.1) is 22.3 Å². The molecule has 1 amide bonds. The van der Waals surface area contributed by atoms with Crippen molar-refractivity contribution in [2.24, 2.45) is 0 Å². The molecule has 0 saturated carbocycles. The van der Waals surface area contributed by atoms with Crippen LogP contribution in [0.2, 0.25) is 0 Å². The van der Waals surface area contributed by atoms with Crippen molar-refractivity contribution in [3.05, 3.63) is 77.6 Å². The third-order valence-electron chi connectivity index (χ3n) is 5.57. The van der Waals surface area contributed by atoms with Crippen molar-refractivity contribution in [1.82, 2.24) is 9.55 Å². The van der Waals surface area contributed by atoms with Gasteiger partial charge in [0.15, 0.2) is 23.9 Å². The van der Waals surface area contributed by atoms with Crippen LogP contribution in [0, 0.1) is 6.92 Å². The number of Topliss-reactive ketones (excluding diaryl/α,β-unsaturated/α-hetero) is 1. The molecule has 9 heteroatoms. The zero-order valence-electron chi connectivity index (χ0n) is 19.0. The molecule has 0 radical (unpaired) electrons. The van der Waals surface area contributed by atoms with E-state index in [2.05, 4.69) is 10.3 Å². The normalized spacial score (nSPS) is 11.9. The molecule has 2 heterocycles. The van der Waals surface area contributed by atoms with Crippen LogP contribution in [-0.2, 0) is 9.53 Å². The lowest BCUT2D eigenvalue weighted by Gasteiger charge is -2.11. The smallest absolute Gasteiger partial charge is 0.338 e. The van der Waals surface area contributed by atoms with Gasteiger partial charge in [-0.2, -0.15) is 0 Å². The molecule has 9 nitrogen and oxygen atoms in total. The third-order valence-corrected chi connectivity index (χ3v) is 5.57. The van der Waals surface area contributed by atoms with E-state index in [0.29, 0.717) is 17.0 Å². The van der Waals surface area contributed by atoms with Crippen molar-refractivity contribution >= 4 is 34.4 Å². The average molecular weight is 471 g/mol. The number of ether oxygens (including phenoxy) is 3. The number of nitrogens with one attached hydrogen (secondary N) is 1. The Labute approximate surface area is 200 Å². The number of para-hydroxylation sites is 1. The molecule has 0 saturated heterocycles. The minimum atomic E-state index is -0.661. The van der Waals surface area contributed by atoms with Crippen LogP contribution >= 0.6 is 0 Å². The molecule has 0 fully saturated rings. The molecule has 176 valence electrons. The van der Waals surface area contributed by atoms with Crippen molar-refractivity contribution in [2.75, 3.05) is 18.7 Å². The summed E-state index contributed by atoms with van der Waals surface area (Å²) in [6, 6.07) is 17.9. The first kappa shape index (κ1) is 22.1. The van der Waals surface area contributed by atoms with E-state index >= 15 is 0 Å². The minimum absolute atomic E-state index is 0.0369. The summed E-state index contributed by atoms with van der Waals surface area (Å²) in [5.41, 5.74) is 3.25. The predicted molar refractivity (Wildman–Crippen MR) is 127 cm³/mol. The first-order valence-corrected chi connectivity index (χ1v) is 10.9. The average Bonchev–Trinajstić information content (AvgIpc) is 3.44. The van der Waals surface area contributed by atoms with Gasteiger partial charge >= 0.3 is 5.97 Å². The number of aryl methyl sites for hydroxylation is 1. The van der Waals surface area contributed by atoms with E-state index in [1.165, 1.54) is 19.1 Å². The molecule has 5 rings (SSSR count). The number of carbonyl (C=O) groups is 3. The fourth-order valence-corrected chi connectivity index (χ4v) is 3.97. The second-order valence-electron chi connectivity index (χ2n) is 7.97. The summed E-state index contributed by atoms with van der Waals surface area (Å²) < 4.78 is 17.8. The fourth-order valence-electron chi connectivity index (χ4n) is 3.97. The Hall–Kier alpha value is -4.66.